The Morgan fingerprint density at radius 3 is 1.10 bits per heavy atom. The standard InChI is InChI=1S/C16H36OS2.Mo/c1-11(2)17-16(18)19(12(3)4,13(5)6,14(7)8)15(9)10;/h11-15,18H,1-10H3;. The van der Waals surface area contributed by atoms with Crippen molar-refractivity contribution in [2.75, 3.05) is 0 Å². The van der Waals surface area contributed by atoms with E-state index in [1.807, 2.05) is 0 Å². The fourth-order valence-electron chi connectivity index (χ4n) is 4.39. The minimum Gasteiger partial charge on any atom is -0.333 e. The summed E-state index contributed by atoms with van der Waals surface area (Å²) in [7, 11) is -1.95. The molecule has 0 radical (unpaired) electrons. The first-order chi connectivity index (χ1) is 8.46. The second-order valence-electron chi connectivity index (χ2n) is 6.92. The Morgan fingerprint density at radius 1 is 0.700 bits per heavy atom. The third-order valence-corrected chi connectivity index (χ3v) is 15.6. The number of hydrogen-bond acceptors (Lipinski definition) is 1. The Kier molecular flexibility index (Phi) is 9.60. The molecule has 0 rings (SSSR count). The van der Waals surface area contributed by atoms with E-state index in [2.05, 4.69) is 69.2 Å². The van der Waals surface area contributed by atoms with Gasteiger partial charge in [-0.1, -0.05) is 55.4 Å². The second kappa shape index (κ2) is 8.18. The molecule has 0 N–H and O–H groups in total. The first-order valence-electron chi connectivity index (χ1n) is 7.58. The number of ether oxygens (including phenoxy) is 1. The van der Waals surface area contributed by atoms with Crippen LogP contribution < -0.4 is 0 Å². The Balaban J connectivity index is 0. The second-order valence-corrected chi connectivity index (χ2v) is 14.3. The molecule has 0 aliphatic heterocycles. The summed E-state index contributed by atoms with van der Waals surface area (Å²) in [4.78, 5) is 0. The molecule has 0 heterocycles. The maximum atomic E-state index is 6.19. The average Bonchev–Trinajstić information content (AvgIpc) is 2.14. The van der Waals surface area contributed by atoms with Crippen molar-refractivity contribution in [2.24, 2.45) is 0 Å². The number of rotatable bonds is 5. The van der Waals surface area contributed by atoms with Crippen molar-refractivity contribution < 1.29 is 25.8 Å². The van der Waals surface area contributed by atoms with E-state index in [0.717, 1.165) is 4.38 Å². The van der Waals surface area contributed by atoms with Crippen molar-refractivity contribution in [3.63, 3.8) is 0 Å². The number of hydrogen-bond donors (Lipinski definition) is 1. The van der Waals surface area contributed by atoms with Gasteiger partial charge in [0.05, 0.1) is 6.10 Å². The molecule has 124 valence electrons. The van der Waals surface area contributed by atoms with Crippen molar-refractivity contribution in [1.82, 2.24) is 0 Å². The molecular weight excluding hydrogens is 368 g/mol. The molecule has 0 spiro atoms. The van der Waals surface area contributed by atoms with Crippen molar-refractivity contribution >= 4 is 25.8 Å². The predicted molar refractivity (Wildman–Crippen MR) is 98.3 cm³/mol. The molecule has 0 aliphatic rings. The first-order valence-corrected chi connectivity index (χ1v) is 10.3. The summed E-state index contributed by atoms with van der Waals surface area (Å²) < 4.78 is 7.22. The minimum absolute atomic E-state index is 0. The SMILES string of the molecule is CC(C)OC(S)=S(C(C)C)(C(C)C)(C(C)C)C(C)C.[Mo]. The summed E-state index contributed by atoms with van der Waals surface area (Å²) in [5.41, 5.74) is 0. The average molecular weight is 405 g/mol. The molecule has 1 nitrogen and oxygen atoms in total. The van der Waals surface area contributed by atoms with Gasteiger partial charge in [-0.25, -0.2) is 8.75 Å². The zero-order chi connectivity index (χ0) is 15.6. The van der Waals surface area contributed by atoms with Crippen LogP contribution in [0.3, 0.4) is 0 Å². The smallest absolute Gasteiger partial charge is 0.117 e. The molecule has 0 atom stereocenters. The van der Waals surface area contributed by atoms with Gasteiger partial charge in [-0.15, -0.1) is 12.6 Å². The van der Waals surface area contributed by atoms with E-state index in [9.17, 15) is 0 Å². The summed E-state index contributed by atoms with van der Waals surface area (Å²) >= 11 is 4.94. The quantitative estimate of drug-likeness (QED) is 0.367. The van der Waals surface area contributed by atoms with Crippen LogP contribution in [0.1, 0.15) is 69.2 Å². The van der Waals surface area contributed by atoms with E-state index < -0.39 is 8.75 Å². The van der Waals surface area contributed by atoms with E-state index in [-0.39, 0.29) is 27.2 Å². The Labute approximate surface area is 147 Å². The summed E-state index contributed by atoms with van der Waals surface area (Å²) in [5, 5.41) is 2.29. The van der Waals surface area contributed by atoms with Crippen LogP contribution in [0.4, 0.5) is 0 Å². The van der Waals surface area contributed by atoms with Gasteiger partial charge in [-0.3, -0.25) is 0 Å². The molecule has 0 saturated carbocycles. The summed E-state index contributed by atoms with van der Waals surface area (Å²) in [6.45, 7) is 23.1. The molecule has 4 heteroatoms. The molecule has 0 unspecified atom stereocenters. The third kappa shape index (κ3) is 3.12. The van der Waals surface area contributed by atoms with Gasteiger partial charge in [-0.05, 0) is 34.8 Å². The van der Waals surface area contributed by atoms with Gasteiger partial charge in [0, 0.05) is 21.1 Å². The zero-order valence-electron chi connectivity index (χ0n) is 15.1. The Morgan fingerprint density at radius 2 is 0.950 bits per heavy atom. The van der Waals surface area contributed by atoms with E-state index in [4.69, 9.17) is 17.4 Å². The fourth-order valence-corrected chi connectivity index (χ4v) is 15.7. The summed E-state index contributed by atoms with van der Waals surface area (Å²) in [5.74, 6) is 0. The van der Waals surface area contributed by atoms with Gasteiger partial charge in [-0.2, -0.15) is 0 Å². The van der Waals surface area contributed by atoms with Crippen LogP contribution in [0, 0.1) is 0 Å². The molecule has 0 saturated heterocycles. The third-order valence-electron chi connectivity index (χ3n) is 4.95. The molecule has 0 bridgehead atoms. The van der Waals surface area contributed by atoms with E-state index in [1.165, 1.54) is 0 Å². The van der Waals surface area contributed by atoms with Crippen LogP contribution in [-0.2, 0) is 25.8 Å². The fraction of sp³-hybridized carbons (Fsp3) is 0.938. The van der Waals surface area contributed by atoms with Gasteiger partial charge >= 0.3 is 0 Å². The van der Waals surface area contributed by atoms with Crippen LogP contribution in [-0.4, -0.2) is 31.5 Å². The first kappa shape index (κ1) is 23.5. The van der Waals surface area contributed by atoms with Gasteiger partial charge < -0.3 is 4.74 Å². The predicted octanol–water partition coefficient (Wildman–Crippen LogP) is 5.40. The van der Waals surface area contributed by atoms with Crippen LogP contribution in [0.25, 0.3) is 0 Å². The van der Waals surface area contributed by atoms with Crippen molar-refractivity contribution in [1.29, 1.82) is 0 Å². The topological polar surface area (TPSA) is 9.23 Å². The van der Waals surface area contributed by atoms with Gasteiger partial charge in [0.1, 0.15) is 4.38 Å². The Hall–Kier alpha value is 1.22. The van der Waals surface area contributed by atoms with Gasteiger partial charge in [0.15, 0.2) is 0 Å². The van der Waals surface area contributed by atoms with E-state index in [0.29, 0.717) is 21.0 Å². The monoisotopic (exact) mass is 406 g/mol. The molecule has 20 heavy (non-hydrogen) atoms. The summed E-state index contributed by atoms with van der Waals surface area (Å²) in [6, 6.07) is 0. The largest absolute Gasteiger partial charge is 0.333 e. The zero-order valence-corrected chi connectivity index (χ0v) is 18.8. The molecule has 0 aromatic rings. The minimum atomic E-state index is -1.95. The van der Waals surface area contributed by atoms with Crippen LogP contribution in [0.5, 0.6) is 0 Å². The molecule has 0 aliphatic carbocycles. The maximum absolute atomic E-state index is 6.19. The van der Waals surface area contributed by atoms with Gasteiger partial charge in [0.25, 0.3) is 0 Å². The molecule has 0 amide bonds. The van der Waals surface area contributed by atoms with Crippen molar-refractivity contribution in [2.45, 2.75) is 96.3 Å². The van der Waals surface area contributed by atoms with Crippen LogP contribution in [0.15, 0.2) is 0 Å². The van der Waals surface area contributed by atoms with Crippen LogP contribution >= 0.6 is 21.4 Å². The summed E-state index contributed by atoms with van der Waals surface area (Å²) in [6.07, 6.45) is 0.193. The molecular formula is C16H36MoOS2. The Bertz CT molecular complexity index is 315. The van der Waals surface area contributed by atoms with Crippen LogP contribution in [0.2, 0.25) is 0 Å². The normalized spacial score (nSPS) is 14.9. The molecule has 0 aromatic carbocycles. The number of thiol groups is 1. The van der Waals surface area contributed by atoms with Crippen molar-refractivity contribution in [3.05, 3.63) is 0 Å². The molecule has 0 aromatic heterocycles. The van der Waals surface area contributed by atoms with Crippen molar-refractivity contribution in [3.8, 4) is 0 Å². The van der Waals surface area contributed by atoms with E-state index in [1.54, 1.807) is 0 Å². The van der Waals surface area contributed by atoms with Gasteiger partial charge in [0.2, 0.25) is 0 Å². The maximum Gasteiger partial charge on any atom is 0.117 e. The van der Waals surface area contributed by atoms with E-state index >= 15 is 0 Å². The molecule has 0 fully saturated rings.